The number of benzene rings is 2. The molecule has 0 atom stereocenters. The first-order valence-electron chi connectivity index (χ1n) is 7.67. The predicted octanol–water partition coefficient (Wildman–Crippen LogP) is 8.94. The minimum atomic E-state index is 0. The predicted molar refractivity (Wildman–Crippen MR) is 136 cm³/mol. The maximum atomic E-state index is 3.51. The summed E-state index contributed by atoms with van der Waals surface area (Å²) in [5, 5.41) is 2.69. The Morgan fingerprint density at radius 1 is 0.793 bits per heavy atom. The molecule has 3 aromatic carbocycles. The number of fused-ring (bicyclic) bond motifs is 2. The van der Waals surface area contributed by atoms with Crippen LogP contribution in [0.5, 0.6) is 0 Å². The van der Waals surface area contributed by atoms with Gasteiger partial charge in [0, 0.05) is 25.8 Å². The van der Waals surface area contributed by atoms with E-state index < -0.39 is 0 Å². The summed E-state index contributed by atoms with van der Waals surface area (Å²) in [6, 6.07) is 23.2. The van der Waals surface area contributed by atoms with Crippen molar-refractivity contribution < 1.29 is 25.8 Å². The fourth-order valence-electron chi connectivity index (χ4n) is 2.81. The number of allylic oxidation sites excluding steroid dienone is 2. The molecule has 0 N–H and O–H groups in total. The van der Waals surface area contributed by atoms with Gasteiger partial charge in [0.2, 0.25) is 0 Å². The van der Waals surface area contributed by atoms with Gasteiger partial charge in [-0.15, -0.1) is 18.1 Å². The van der Waals surface area contributed by atoms with E-state index in [2.05, 4.69) is 49.4 Å². The topological polar surface area (TPSA) is 0 Å². The quantitative estimate of drug-likeness (QED) is 0.219. The summed E-state index contributed by atoms with van der Waals surface area (Å²) in [4.78, 5) is 0. The summed E-state index contributed by atoms with van der Waals surface area (Å²) in [5.41, 5.74) is 4.30. The van der Waals surface area contributed by atoms with Crippen molar-refractivity contribution in [2.75, 3.05) is 0 Å². The van der Waals surface area contributed by atoms with Gasteiger partial charge >= 0.3 is 0 Å². The first-order chi connectivity index (χ1) is 10.4. The molecule has 0 nitrogen and oxygen atoms in total. The molecule has 0 unspecified atom stereocenters. The van der Waals surface area contributed by atoms with Crippen LogP contribution in [0.3, 0.4) is 0 Å². The Morgan fingerprint density at radius 2 is 1.31 bits per heavy atom. The molecule has 1 heteroatoms. The molecule has 4 rings (SSSR count). The first kappa shape index (κ1) is 41.9. The molecule has 0 aliphatic heterocycles. The molecule has 0 spiro atoms. The zero-order valence-electron chi connectivity index (χ0n) is 20.0. The molecule has 3 aromatic rings. The van der Waals surface area contributed by atoms with E-state index in [-0.39, 0.29) is 77.8 Å². The van der Waals surface area contributed by atoms with Gasteiger partial charge in [0.15, 0.2) is 0 Å². The van der Waals surface area contributed by atoms with E-state index in [4.69, 9.17) is 0 Å². The van der Waals surface area contributed by atoms with Crippen LogP contribution < -0.4 is 0 Å². The van der Waals surface area contributed by atoms with Crippen molar-refractivity contribution in [3.05, 3.63) is 136 Å². The molecule has 29 heavy (non-hydrogen) atoms. The maximum Gasteiger partial charge on any atom is 0 e. The Bertz CT molecular complexity index is 719. The van der Waals surface area contributed by atoms with Crippen LogP contribution in [0, 0.1) is 58.1 Å². The first-order valence-corrected chi connectivity index (χ1v) is 7.67. The van der Waals surface area contributed by atoms with Crippen LogP contribution in [-0.4, -0.2) is 0 Å². The van der Waals surface area contributed by atoms with Gasteiger partial charge in [0.05, 0.1) is 0 Å². The number of hydrogen-bond acceptors (Lipinski definition) is 0. The van der Waals surface area contributed by atoms with Crippen LogP contribution in [0.2, 0.25) is 0 Å². The number of rotatable bonds is 2. The molecule has 166 valence electrons. The van der Waals surface area contributed by atoms with Crippen LogP contribution in [0.25, 0.3) is 16.3 Å². The van der Waals surface area contributed by atoms with Crippen LogP contribution in [0.15, 0.2) is 66.7 Å². The van der Waals surface area contributed by atoms with Crippen LogP contribution >= 0.6 is 0 Å². The third-order valence-electron chi connectivity index (χ3n) is 3.84. The van der Waals surface area contributed by atoms with Crippen molar-refractivity contribution in [1.82, 2.24) is 0 Å². The minimum absolute atomic E-state index is 0. The fourth-order valence-corrected chi connectivity index (χ4v) is 2.81. The Hall–Kier alpha value is -1.34. The van der Waals surface area contributed by atoms with Crippen molar-refractivity contribution in [2.45, 2.75) is 26.2 Å². The van der Waals surface area contributed by atoms with Crippen molar-refractivity contribution in [2.24, 2.45) is 0 Å². The summed E-state index contributed by atoms with van der Waals surface area (Å²) >= 11 is 0. The standard InChI is InChI=1S/C16H15.C5H5.7CH3.Hf/c1-2-5-12-8-9-15-10-13-6-3-4-7-14(13)11-16(12)15;1-2-4-5-3-1;;;;;;;;/h3-4,6-7,10-11H,2,5,9H2,1H3;1-5H;7*1H3;/q9*-1;. The average molecular weight is 556 g/mol. The maximum absolute atomic E-state index is 3.51. The molecular formula is C28H41Hf-9. The SMILES string of the molecule is CCCC1=[C-]Cc2cc3ccccc3cc21.[CH3-].[CH3-].[CH3-].[CH3-].[CH3-].[CH3-].[CH3-].[Hf].c1cc[cH-]c1. The molecular weight excluding hydrogens is 515 g/mol. The van der Waals surface area contributed by atoms with Crippen LogP contribution in [0.4, 0.5) is 0 Å². The van der Waals surface area contributed by atoms with E-state index >= 15 is 0 Å². The normalized spacial score (nSPS) is 9.07. The average Bonchev–Trinajstić information content (AvgIpc) is 3.19. The zero-order valence-corrected chi connectivity index (χ0v) is 23.6. The molecule has 0 saturated carbocycles. The van der Waals surface area contributed by atoms with E-state index in [0.717, 1.165) is 12.8 Å². The third-order valence-corrected chi connectivity index (χ3v) is 3.84. The molecule has 1 aliphatic rings. The van der Waals surface area contributed by atoms with Gasteiger partial charge in [0.1, 0.15) is 0 Å². The Kier molecular flexibility index (Phi) is 30.9. The summed E-state index contributed by atoms with van der Waals surface area (Å²) in [6.07, 6.45) is 6.87. The second-order valence-electron chi connectivity index (χ2n) is 5.40. The monoisotopic (exact) mass is 557 g/mol. The molecule has 0 bridgehead atoms. The molecule has 0 radical (unpaired) electrons. The largest absolute Gasteiger partial charge is 0.358 e. The van der Waals surface area contributed by atoms with Gasteiger partial charge in [-0.2, -0.15) is 23.8 Å². The second-order valence-corrected chi connectivity index (χ2v) is 5.40. The third kappa shape index (κ3) is 10.8. The molecule has 0 amide bonds. The number of hydrogen-bond donors (Lipinski definition) is 0. The Morgan fingerprint density at radius 3 is 1.76 bits per heavy atom. The Balaban J connectivity index is -0.0000000916. The fraction of sp³-hybridized carbons (Fsp3) is 0.143. The summed E-state index contributed by atoms with van der Waals surface area (Å²) in [7, 11) is 0. The van der Waals surface area contributed by atoms with Crippen molar-refractivity contribution >= 4 is 16.3 Å². The molecule has 0 fully saturated rings. The minimum Gasteiger partial charge on any atom is -0.358 e. The molecule has 0 saturated heterocycles. The van der Waals surface area contributed by atoms with E-state index in [1.54, 1.807) is 0 Å². The smallest absolute Gasteiger partial charge is 0 e. The van der Waals surface area contributed by atoms with Gasteiger partial charge in [0.25, 0.3) is 0 Å². The van der Waals surface area contributed by atoms with Gasteiger partial charge < -0.3 is 52.0 Å². The van der Waals surface area contributed by atoms with E-state index in [9.17, 15) is 0 Å². The van der Waals surface area contributed by atoms with Gasteiger partial charge in [-0.25, -0.2) is 17.7 Å². The van der Waals surface area contributed by atoms with E-state index in [1.807, 2.05) is 30.3 Å². The van der Waals surface area contributed by atoms with Gasteiger partial charge in [-0.3, -0.25) is 6.08 Å². The van der Waals surface area contributed by atoms with Crippen molar-refractivity contribution in [3.63, 3.8) is 0 Å². The van der Waals surface area contributed by atoms with E-state index in [1.165, 1.54) is 33.9 Å². The van der Waals surface area contributed by atoms with E-state index in [0.29, 0.717) is 0 Å². The molecule has 1 aliphatic carbocycles. The van der Waals surface area contributed by atoms with Crippen LogP contribution in [0.1, 0.15) is 30.9 Å². The summed E-state index contributed by atoms with van der Waals surface area (Å²) in [6.45, 7) is 2.23. The molecule has 0 aromatic heterocycles. The van der Waals surface area contributed by atoms with Gasteiger partial charge in [-0.05, 0) is 10.8 Å². The van der Waals surface area contributed by atoms with Gasteiger partial charge in [-0.1, -0.05) is 50.1 Å². The molecule has 0 heterocycles. The second kappa shape index (κ2) is 21.4. The Labute approximate surface area is 203 Å². The summed E-state index contributed by atoms with van der Waals surface area (Å²) in [5.74, 6) is 0. The summed E-state index contributed by atoms with van der Waals surface area (Å²) < 4.78 is 0. The zero-order chi connectivity index (χ0) is 14.5. The van der Waals surface area contributed by atoms with Crippen molar-refractivity contribution in [3.8, 4) is 0 Å². The van der Waals surface area contributed by atoms with Crippen molar-refractivity contribution in [1.29, 1.82) is 0 Å². The van der Waals surface area contributed by atoms with Crippen LogP contribution in [-0.2, 0) is 32.3 Å².